The van der Waals surface area contributed by atoms with Crippen LogP contribution in [0.5, 0.6) is 0 Å². The summed E-state index contributed by atoms with van der Waals surface area (Å²) in [6, 6.07) is 10.7. The number of benzene rings is 1. The number of halogens is 2. The molecule has 0 unspecified atom stereocenters. The fraction of sp³-hybridized carbons (Fsp3) is 0.438. The Bertz CT molecular complexity index is 518. The first kappa shape index (κ1) is 15.8. The highest BCUT2D eigenvalue weighted by Gasteiger charge is 2.29. The quantitative estimate of drug-likeness (QED) is 0.628. The van der Waals surface area contributed by atoms with Crippen molar-refractivity contribution in [1.82, 2.24) is 9.78 Å². The maximum atomic E-state index is 4.38. The monoisotopic (exact) mass is 398 g/mol. The van der Waals surface area contributed by atoms with Crippen molar-refractivity contribution in [2.45, 2.75) is 26.3 Å². The van der Waals surface area contributed by atoms with Crippen LogP contribution in [0.4, 0.5) is 0 Å². The third-order valence-corrected chi connectivity index (χ3v) is 5.96. The highest BCUT2D eigenvalue weighted by Crippen LogP contribution is 2.32. The Balaban J connectivity index is 2.16. The van der Waals surface area contributed by atoms with E-state index in [1.165, 1.54) is 11.1 Å². The normalized spacial score (nSPS) is 11.8. The SMILES string of the molecule is CCn1cc(CC(CBr)(CBr)Cc2ccccc2)cn1. The maximum Gasteiger partial charge on any atom is 0.0521 e. The lowest BCUT2D eigenvalue weighted by atomic mass is 9.81. The van der Waals surface area contributed by atoms with Gasteiger partial charge in [-0.1, -0.05) is 62.2 Å². The van der Waals surface area contributed by atoms with Crippen LogP contribution >= 0.6 is 31.9 Å². The van der Waals surface area contributed by atoms with Gasteiger partial charge in [0, 0.05) is 23.4 Å². The molecular formula is C16H20Br2N2. The van der Waals surface area contributed by atoms with E-state index in [4.69, 9.17) is 0 Å². The number of alkyl halides is 2. The third-order valence-electron chi connectivity index (χ3n) is 3.58. The van der Waals surface area contributed by atoms with Crippen LogP contribution in [0.3, 0.4) is 0 Å². The molecule has 0 radical (unpaired) electrons. The van der Waals surface area contributed by atoms with E-state index in [0.717, 1.165) is 30.0 Å². The minimum atomic E-state index is 0.183. The summed E-state index contributed by atoms with van der Waals surface area (Å²) >= 11 is 7.43. The number of hydrogen-bond donors (Lipinski definition) is 0. The van der Waals surface area contributed by atoms with E-state index >= 15 is 0 Å². The van der Waals surface area contributed by atoms with Gasteiger partial charge in [-0.15, -0.1) is 0 Å². The van der Waals surface area contributed by atoms with E-state index < -0.39 is 0 Å². The van der Waals surface area contributed by atoms with Crippen LogP contribution in [0.2, 0.25) is 0 Å². The molecule has 1 aromatic heterocycles. The molecule has 1 heterocycles. The number of hydrogen-bond acceptors (Lipinski definition) is 1. The smallest absolute Gasteiger partial charge is 0.0521 e. The summed E-state index contributed by atoms with van der Waals surface area (Å²) in [6.45, 7) is 3.04. The Hall–Kier alpha value is -0.610. The van der Waals surface area contributed by atoms with Crippen LogP contribution in [-0.2, 0) is 19.4 Å². The summed E-state index contributed by atoms with van der Waals surface area (Å²) in [6.07, 6.45) is 6.24. The lowest BCUT2D eigenvalue weighted by Crippen LogP contribution is -2.30. The maximum absolute atomic E-state index is 4.38. The van der Waals surface area contributed by atoms with Gasteiger partial charge in [-0.3, -0.25) is 4.68 Å². The van der Waals surface area contributed by atoms with Crippen LogP contribution in [0, 0.1) is 5.41 Å². The van der Waals surface area contributed by atoms with Gasteiger partial charge in [0.05, 0.1) is 6.20 Å². The lowest BCUT2D eigenvalue weighted by molar-refractivity contribution is 0.386. The van der Waals surface area contributed by atoms with Crippen molar-refractivity contribution in [2.75, 3.05) is 10.7 Å². The largest absolute Gasteiger partial charge is 0.273 e. The standard InChI is InChI=1S/C16H20Br2N2/c1-2-20-11-15(10-19-20)9-16(12-17,13-18)8-14-6-4-3-5-7-14/h3-7,10-11H,2,8-9,12-13H2,1H3. The van der Waals surface area contributed by atoms with E-state index in [0.29, 0.717) is 0 Å². The summed E-state index contributed by atoms with van der Waals surface area (Å²) in [4.78, 5) is 0. The molecular weight excluding hydrogens is 380 g/mol. The van der Waals surface area contributed by atoms with E-state index in [1.807, 2.05) is 10.9 Å². The highest BCUT2D eigenvalue weighted by atomic mass is 79.9. The zero-order valence-electron chi connectivity index (χ0n) is 11.7. The molecule has 0 aliphatic rings. The molecule has 0 N–H and O–H groups in total. The van der Waals surface area contributed by atoms with Crippen molar-refractivity contribution in [3.8, 4) is 0 Å². The Morgan fingerprint density at radius 2 is 1.70 bits per heavy atom. The molecule has 0 saturated carbocycles. The van der Waals surface area contributed by atoms with Gasteiger partial charge < -0.3 is 0 Å². The fourth-order valence-corrected chi connectivity index (χ4v) is 4.14. The molecule has 0 atom stereocenters. The van der Waals surface area contributed by atoms with Crippen LogP contribution < -0.4 is 0 Å². The van der Waals surface area contributed by atoms with E-state index in [9.17, 15) is 0 Å². The Morgan fingerprint density at radius 1 is 1.05 bits per heavy atom. The lowest BCUT2D eigenvalue weighted by Gasteiger charge is -2.30. The van der Waals surface area contributed by atoms with Crippen molar-refractivity contribution in [3.63, 3.8) is 0 Å². The molecule has 2 rings (SSSR count). The average molecular weight is 400 g/mol. The van der Waals surface area contributed by atoms with E-state index in [1.54, 1.807) is 0 Å². The first-order valence-electron chi connectivity index (χ1n) is 6.88. The molecule has 4 heteroatoms. The van der Waals surface area contributed by atoms with Gasteiger partial charge in [-0.25, -0.2) is 0 Å². The molecule has 2 nitrogen and oxygen atoms in total. The average Bonchev–Trinajstić information content (AvgIpc) is 2.95. The second-order valence-electron chi connectivity index (χ2n) is 5.31. The second kappa shape index (κ2) is 7.41. The zero-order chi connectivity index (χ0) is 14.4. The van der Waals surface area contributed by atoms with Gasteiger partial charge >= 0.3 is 0 Å². The van der Waals surface area contributed by atoms with E-state index in [-0.39, 0.29) is 5.41 Å². The number of rotatable bonds is 7. The summed E-state index contributed by atoms with van der Waals surface area (Å²) in [5, 5.41) is 6.32. The third kappa shape index (κ3) is 3.95. The van der Waals surface area contributed by atoms with Crippen molar-refractivity contribution in [3.05, 3.63) is 53.9 Å². The van der Waals surface area contributed by atoms with Crippen molar-refractivity contribution in [2.24, 2.45) is 5.41 Å². The van der Waals surface area contributed by atoms with Gasteiger partial charge in [0.25, 0.3) is 0 Å². The summed E-state index contributed by atoms with van der Waals surface area (Å²) in [5.74, 6) is 0. The van der Waals surface area contributed by atoms with Gasteiger partial charge in [0.2, 0.25) is 0 Å². The minimum absolute atomic E-state index is 0.183. The van der Waals surface area contributed by atoms with Gasteiger partial charge in [-0.2, -0.15) is 5.10 Å². The molecule has 0 saturated heterocycles. The van der Waals surface area contributed by atoms with Crippen molar-refractivity contribution >= 4 is 31.9 Å². The summed E-state index contributed by atoms with van der Waals surface area (Å²) in [7, 11) is 0. The van der Waals surface area contributed by atoms with Gasteiger partial charge in [-0.05, 0) is 36.3 Å². The summed E-state index contributed by atoms with van der Waals surface area (Å²) in [5.41, 5.74) is 2.87. The first-order chi connectivity index (χ1) is 9.71. The molecule has 2 aromatic rings. The topological polar surface area (TPSA) is 17.8 Å². The molecule has 0 amide bonds. The molecule has 0 spiro atoms. The molecule has 0 aliphatic carbocycles. The van der Waals surface area contributed by atoms with Gasteiger partial charge in [0.15, 0.2) is 0 Å². The highest BCUT2D eigenvalue weighted by molar-refractivity contribution is 9.09. The van der Waals surface area contributed by atoms with Crippen LogP contribution in [0.15, 0.2) is 42.7 Å². The predicted molar refractivity (Wildman–Crippen MR) is 91.8 cm³/mol. The summed E-state index contributed by atoms with van der Waals surface area (Å²) < 4.78 is 1.99. The number of aryl methyl sites for hydroxylation is 1. The van der Waals surface area contributed by atoms with Crippen molar-refractivity contribution in [1.29, 1.82) is 0 Å². The molecule has 108 valence electrons. The second-order valence-corrected chi connectivity index (χ2v) is 6.43. The Morgan fingerprint density at radius 3 is 2.25 bits per heavy atom. The van der Waals surface area contributed by atoms with Crippen molar-refractivity contribution < 1.29 is 0 Å². The van der Waals surface area contributed by atoms with Gasteiger partial charge in [0.1, 0.15) is 0 Å². The Labute approximate surface area is 137 Å². The van der Waals surface area contributed by atoms with Crippen LogP contribution in [0.25, 0.3) is 0 Å². The zero-order valence-corrected chi connectivity index (χ0v) is 14.9. The molecule has 0 bridgehead atoms. The first-order valence-corrected chi connectivity index (χ1v) is 9.13. The molecule has 1 aromatic carbocycles. The number of nitrogens with zero attached hydrogens (tertiary/aromatic N) is 2. The fourth-order valence-electron chi connectivity index (χ4n) is 2.42. The minimum Gasteiger partial charge on any atom is -0.273 e. The molecule has 0 aliphatic heterocycles. The van der Waals surface area contributed by atoms with Crippen LogP contribution in [-0.4, -0.2) is 20.4 Å². The predicted octanol–water partition coefficient (Wildman–Crippen LogP) is 4.46. The molecule has 0 fully saturated rings. The van der Waals surface area contributed by atoms with E-state index in [2.05, 4.69) is 80.4 Å². The number of aromatic nitrogens is 2. The molecule has 20 heavy (non-hydrogen) atoms. The Kier molecular flexibility index (Phi) is 5.85. The van der Waals surface area contributed by atoms with Crippen LogP contribution in [0.1, 0.15) is 18.1 Å².